The lowest BCUT2D eigenvalue weighted by molar-refractivity contribution is -0.160. The van der Waals surface area contributed by atoms with Crippen molar-refractivity contribution < 1.29 is 9.53 Å². The van der Waals surface area contributed by atoms with E-state index in [9.17, 15) is 4.79 Å². The zero-order valence-electron chi connectivity index (χ0n) is 12.4. The Morgan fingerprint density at radius 2 is 2.00 bits per heavy atom. The van der Waals surface area contributed by atoms with Gasteiger partial charge in [0.15, 0.2) is 0 Å². The molecular formula is C16H22INO2. The van der Waals surface area contributed by atoms with E-state index in [-0.39, 0.29) is 12.0 Å². The Bertz CT molecular complexity index is 464. The number of hydrogen-bond acceptors (Lipinski definition) is 3. The number of benzene rings is 1. The van der Waals surface area contributed by atoms with Crippen molar-refractivity contribution in [1.29, 1.82) is 0 Å². The highest BCUT2D eigenvalue weighted by atomic mass is 127. The van der Waals surface area contributed by atoms with Gasteiger partial charge in [-0.1, -0.05) is 12.1 Å². The van der Waals surface area contributed by atoms with Crippen LogP contribution in [0.3, 0.4) is 0 Å². The molecule has 0 saturated carbocycles. The van der Waals surface area contributed by atoms with Crippen molar-refractivity contribution in [3.05, 3.63) is 33.4 Å². The van der Waals surface area contributed by atoms with E-state index < -0.39 is 5.60 Å². The van der Waals surface area contributed by atoms with Gasteiger partial charge in [0.05, 0.1) is 0 Å². The maximum Gasteiger partial charge on any atom is 0.323 e. The van der Waals surface area contributed by atoms with Crippen molar-refractivity contribution >= 4 is 28.6 Å². The van der Waals surface area contributed by atoms with E-state index in [1.54, 1.807) is 0 Å². The first kappa shape index (κ1) is 15.8. The third-order valence-electron chi connectivity index (χ3n) is 3.34. The summed E-state index contributed by atoms with van der Waals surface area (Å²) in [5.74, 6) is -0.0829. The zero-order chi connectivity index (χ0) is 14.8. The fourth-order valence-electron chi connectivity index (χ4n) is 2.48. The van der Waals surface area contributed by atoms with Gasteiger partial charge in [0.1, 0.15) is 11.6 Å². The fraction of sp³-hybridized carbons (Fsp3) is 0.562. The predicted octanol–water partition coefficient (Wildman–Crippen LogP) is 3.60. The first-order valence-electron chi connectivity index (χ1n) is 7.06. The average Bonchev–Trinajstić information content (AvgIpc) is 2.78. The van der Waals surface area contributed by atoms with Gasteiger partial charge in [0.2, 0.25) is 0 Å². The molecule has 0 unspecified atom stereocenters. The van der Waals surface area contributed by atoms with Crippen LogP contribution in [-0.4, -0.2) is 29.1 Å². The molecule has 20 heavy (non-hydrogen) atoms. The molecule has 2 rings (SSSR count). The van der Waals surface area contributed by atoms with Crippen LogP contribution < -0.4 is 0 Å². The van der Waals surface area contributed by atoms with E-state index in [1.165, 1.54) is 9.13 Å². The SMILES string of the molecule is CC(C)(C)OC(=O)[C@H]1CCCN1Cc1ccc(I)cc1. The Hall–Kier alpha value is -0.620. The minimum Gasteiger partial charge on any atom is -0.459 e. The van der Waals surface area contributed by atoms with Crippen molar-refractivity contribution in [3.8, 4) is 0 Å². The molecule has 0 bridgehead atoms. The summed E-state index contributed by atoms with van der Waals surface area (Å²) in [6.07, 6.45) is 1.97. The fourth-order valence-corrected chi connectivity index (χ4v) is 2.84. The van der Waals surface area contributed by atoms with Crippen LogP contribution in [0.5, 0.6) is 0 Å². The second-order valence-electron chi connectivity index (χ2n) is 6.29. The third kappa shape index (κ3) is 4.45. The lowest BCUT2D eigenvalue weighted by Gasteiger charge is -2.27. The van der Waals surface area contributed by atoms with Gasteiger partial charge in [-0.15, -0.1) is 0 Å². The second kappa shape index (κ2) is 6.43. The Kier molecular flexibility index (Phi) is 5.07. The van der Waals surface area contributed by atoms with Gasteiger partial charge in [0.25, 0.3) is 0 Å². The highest BCUT2D eigenvalue weighted by Crippen LogP contribution is 2.23. The van der Waals surface area contributed by atoms with Gasteiger partial charge in [-0.05, 0) is 80.4 Å². The molecule has 0 aliphatic carbocycles. The van der Waals surface area contributed by atoms with Crippen LogP contribution in [0.2, 0.25) is 0 Å². The first-order valence-corrected chi connectivity index (χ1v) is 8.14. The third-order valence-corrected chi connectivity index (χ3v) is 4.06. The summed E-state index contributed by atoms with van der Waals surface area (Å²) < 4.78 is 6.76. The largest absolute Gasteiger partial charge is 0.459 e. The molecular weight excluding hydrogens is 365 g/mol. The van der Waals surface area contributed by atoms with Crippen LogP contribution >= 0.6 is 22.6 Å². The second-order valence-corrected chi connectivity index (χ2v) is 7.53. The van der Waals surface area contributed by atoms with Crippen LogP contribution in [-0.2, 0) is 16.1 Å². The molecule has 1 aromatic carbocycles. The number of halogens is 1. The Morgan fingerprint density at radius 1 is 1.35 bits per heavy atom. The molecule has 4 heteroatoms. The van der Waals surface area contributed by atoms with Crippen LogP contribution in [0.1, 0.15) is 39.2 Å². The van der Waals surface area contributed by atoms with Gasteiger partial charge >= 0.3 is 5.97 Å². The van der Waals surface area contributed by atoms with Crippen molar-refractivity contribution in [1.82, 2.24) is 4.90 Å². The first-order chi connectivity index (χ1) is 9.35. The van der Waals surface area contributed by atoms with Crippen LogP contribution in [0.15, 0.2) is 24.3 Å². The highest BCUT2D eigenvalue weighted by molar-refractivity contribution is 14.1. The number of rotatable bonds is 3. The molecule has 1 fully saturated rings. The lowest BCUT2D eigenvalue weighted by Crippen LogP contribution is -2.40. The molecule has 1 atom stereocenters. The molecule has 0 N–H and O–H groups in total. The van der Waals surface area contributed by atoms with E-state index in [0.717, 1.165) is 25.9 Å². The van der Waals surface area contributed by atoms with Crippen LogP contribution in [0.25, 0.3) is 0 Å². The molecule has 0 amide bonds. The zero-order valence-corrected chi connectivity index (χ0v) is 14.5. The maximum absolute atomic E-state index is 12.3. The molecule has 1 saturated heterocycles. The molecule has 0 radical (unpaired) electrons. The Labute approximate surface area is 134 Å². The number of ether oxygens (including phenoxy) is 1. The average molecular weight is 387 g/mol. The topological polar surface area (TPSA) is 29.5 Å². The van der Waals surface area contributed by atoms with Gasteiger partial charge < -0.3 is 4.74 Å². The summed E-state index contributed by atoms with van der Waals surface area (Å²) in [5.41, 5.74) is 0.842. The minimum atomic E-state index is -0.409. The van der Waals surface area contributed by atoms with Crippen molar-refractivity contribution in [3.63, 3.8) is 0 Å². The molecule has 1 aliphatic heterocycles. The van der Waals surface area contributed by atoms with Gasteiger partial charge in [-0.3, -0.25) is 9.69 Å². The predicted molar refractivity (Wildman–Crippen MR) is 88.4 cm³/mol. The summed E-state index contributed by atoms with van der Waals surface area (Å²) in [5, 5.41) is 0. The summed E-state index contributed by atoms with van der Waals surface area (Å²) in [4.78, 5) is 14.5. The smallest absolute Gasteiger partial charge is 0.323 e. The van der Waals surface area contributed by atoms with Gasteiger partial charge in [-0.25, -0.2) is 0 Å². The van der Waals surface area contributed by atoms with Crippen molar-refractivity contribution in [2.45, 2.75) is 51.8 Å². The Morgan fingerprint density at radius 3 is 2.60 bits per heavy atom. The van der Waals surface area contributed by atoms with E-state index in [1.807, 2.05) is 20.8 Å². The quantitative estimate of drug-likeness (QED) is 0.587. The molecule has 3 nitrogen and oxygen atoms in total. The summed E-state index contributed by atoms with van der Waals surface area (Å²) in [6.45, 7) is 7.55. The maximum atomic E-state index is 12.3. The van der Waals surface area contributed by atoms with Crippen LogP contribution in [0.4, 0.5) is 0 Å². The standard InChI is InChI=1S/C16H22INO2/c1-16(2,3)20-15(19)14-5-4-10-18(14)11-12-6-8-13(17)9-7-12/h6-9,14H,4-5,10-11H2,1-3H3/t14-/m1/s1. The number of carbonyl (C=O) groups excluding carboxylic acids is 1. The molecule has 1 aromatic rings. The summed E-state index contributed by atoms with van der Waals surface area (Å²) >= 11 is 2.30. The minimum absolute atomic E-state index is 0.0829. The van der Waals surface area contributed by atoms with Crippen molar-refractivity contribution in [2.24, 2.45) is 0 Å². The van der Waals surface area contributed by atoms with Crippen LogP contribution in [0, 0.1) is 3.57 Å². The number of esters is 1. The lowest BCUT2D eigenvalue weighted by atomic mass is 10.1. The molecule has 0 spiro atoms. The van der Waals surface area contributed by atoms with Gasteiger partial charge in [-0.2, -0.15) is 0 Å². The number of likely N-dealkylation sites (tertiary alicyclic amines) is 1. The van der Waals surface area contributed by atoms with E-state index >= 15 is 0 Å². The van der Waals surface area contributed by atoms with E-state index in [4.69, 9.17) is 4.74 Å². The summed E-state index contributed by atoms with van der Waals surface area (Å²) in [7, 11) is 0. The van der Waals surface area contributed by atoms with E-state index in [0.29, 0.717) is 0 Å². The molecule has 1 heterocycles. The molecule has 0 aromatic heterocycles. The highest BCUT2D eigenvalue weighted by Gasteiger charge is 2.33. The normalized spacial score (nSPS) is 20.1. The molecule has 1 aliphatic rings. The number of hydrogen-bond donors (Lipinski definition) is 0. The van der Waals surface area contributed by atoms with E-state index in [2.05, 4.69) is 51.8 Å². The monoisotopic (exact) mass is 387 g/mol. The van der Waals surface area contributed by atoms with Gasteiger partial charge in [0, 0.05) is 10.1 Å². The number of carbonyl (C=O) groups is 1. The van der Waals surface area contributed by atoms with Crippen molar-refractivity contribution in [2.75, 3.05) is 6.54 Å². The molecule has 110 valence electrons. The number of nitrogens with zero attached hydrogens (tertiary/aromatic N) is 1. The Balaban J connectivity index is 2.00. The summed E-state index contributed by atoms with van der Waals surface area (Å²) in [6, 6.07) is 8.38.